The van der Waals surface area contributed by atoms with Crippen LogP contribution in [0.4, 0.5) is 10.1 Å². The number of sulfonamides is 1. The highest BCUT2D eigenvalue weighted by atomic mass is 35.5. The molecule has 1 saturated heterocycles. The number of nitrogens with one attached hydrogen (secondary N) is 1. The van der Waals surface area contributed by atoms with Gasteiger partial charge in [0.15, 0.2) is 0 Å². The maximum atomic E-state index is 14.3. The van der Waals surface area contributed by atoms with E-state index >= 15 is 0 Å². The standard InChI is InChI=1S/C23H29ClFN3O2S/c1-17-6-9-19(10-7-17)31(29,30)26-21-4-2-3-5-23(21)28-14-12-27(13-15-28)22-11-8-18(24)16-20(22)25/h6-11,16,21,23,26H,2-5,12-15H2,1H3/t21-,23-/m1/s1. The lowest BCUT2D eigenvalue weighted by Crippen LogP contribution is -2.58. The van der Waals surface area contributed by atoms with Crippen LogP contribution in [0.2, 0.25) is 5.02 Å². The summed E-state index contributed by atoms with van der Waals surface area (Å²) in [6.45, 7) is 4.89. The van der Waals surface area contributed by atoms with Gasteiger partial charge in [0, 0.05) is 43.3 Å². The SMILES string of the molecule is Cc1ccc(S(=O)(=O)N[C@@H]2CCCC[C@H]2N2CCN(c3ccc(Cl)cc3F)CC2)cc1. The van der Waals surface area contributed by atoms with Gasteiger partial charge in [-0.25, -0.2) is 17.5 Å². The average molecular weight is 466 g/mol. The Kier molecular flexibility index (Phi) is 6.86. The van der Waals surface area contributed by atoms with Gasteiger partial charge in [-0.3, -0.25) is 4.90 Å². The minimum Gasteiger partial charge on any atom is -0.367 e. The summed E-state index contributed by atoms with van der Waals surface area (Å²) >= 11 is 5.88. The van der Waals surface area contributed by atoms with Crippen LogP contribution in [0.3, 0.4) is 0 Å². The summed E-state index contributed by atoms with van der Waals surface area (Å²) in [5.74, 6) is -0.303. The van der Waals surface area contributed by atoms with Crippen LogP contribution in [0.25, 0.3) is 0 Å². The Morgan fingerprint density at radius 3 is 2.35 bits per heavy atom. The van der Waals surface area contributed by atoms with Crippen molar-refractivity contribution in [1.82, 2.24) is 9.62 Å². The summed E-state index contributed by atoms with van der Waals surface area (Å²) in [5, 5.41) is 0.394. The summed E-state index contributed by atoms with van der Waals surface area (Å²) in [6, 6.07) is 11.8. The fourth-order valence-corrected chi connectivity index (χ4v) is 6.17. The zero-order valence-electron chi connectivity index (χ0n) is 17.7. The minimum absolute atomic E-state index is 0.112. The predicted octanol–water partition coefficient (Wildman–Crippen LogP) is 4.20. The van der Waals surface area contributed by atoms with Gasteiger partial charge in [0.1, 0.15) is 5.82 Å². The van der Waals surface area contributed by atoms with E-state index in [9.17, 15) is 12.8 Å². The Morgan fingerprint density at radius 2 is 1.68 bits per heavy atom. The Morgan fingerprint density at radius 1 is 1.00 bits per heavy atom. The van der Waals surface area contributed by atoms with Crippen LogP contribution in [0.5, 0.6) is 0 Å². The molecule has 2 aromatic carbocycles. The molecule has 1 aliphatic heterocycles. The van der Waals surface area contributed by atoms with Gasteiger partial charge in [-0.2, -0.15) is 0 Å². The van der Waals surface area contributed by atoms with E-state index in [0.29, 0.717) is 28.7 Å². The van der Waals surface area contributed by atoms with Crippen molar-refractivity contribution in [3.05, 3.63) is 58.9 Å². The van der Waals surface area contributed by atoms with Crippen molar-refractivity contribution < 1.29 is 12.8 Å². The first kappa shape index (κ1) is 22.5. The zero-order valence-corrected chi connectivity index (χ0v) is 19.3. The number of anilines is 1. The van der Waals surface area contributed by atoms with E-state index < -0.39 is 10.0 Å². The highest BCUT2D eigenvalue weighted by Crippen LogP contribution is 2.28. The predicted molar refractivity (Wildman–Crippen MR) is 123 cm³/mol. The Bertz CT molecular complexity index is 1010. The molecule has 1 aliphatic carbocycles. The maximum absolute atomic E-state index is 14.3. The fraction of sp³-hybridized carbons (Fsp3) is 0.478. The van der Waals surface area contributed by atoms with Gasteiger partial charge in [0.25, 0.3) is 0 Å². The lowest BCUT2D eigenvalue weighted by molar-refractivity contribution is 0.124. The second kappa shape index (κ2) is 9.45. The molecule has 8 heteroatoms. The summed E-state index contributed by atoms with van der Waals surface area (Å²) in [5.41, 5.74) is 1.61. The van der Waals surface area contributed by atoms with Crippen molar-refractivity contribution in [3.8, 4) is 0 Å². The highest BCUT2D eigenvalue weighted by molar-refractivity contribution is 7.89. The largest absolute Gasteiger partial charge is 0.367 e. The molecule has 5 nitrogen and oxygen atoms in total. The van der Waals surface area contributed by atoms with E-state index in [1.54, 1.807) is 24.3 Å². The van der Waals surface area contributed by atoms with Gasteiger partial charge in [-0.15, -0.1) is 0 Å². The van der Waals surface area contributed by atoms with Crippen LogP contribution in [-0.4, -0.2) is 51.6 Å². The molecule has 2 fully saturated rings. The number of aryl methyl sites for hydroxylation is 1. The highest BCUT2D eigenvalue weighted by Gasteiger charge is 2.35. The number of benzene rings is 2. The quantitative estimate of drug-likeness (QED) is 0.719. The van der Waals surface area contributed by atoms with Gasteiger partial charge < -0.3 is 4.90 Å². The minimum atomic E-state index is -3.56. The molecule has 2 aliphatic rings. The van der Waals surface area contributed by atoms with Gasteiger partial charge in [-0.1, -0.05) is 42.1 Å². The summed E-state index contributed by atoms with van der Waals surface area (Å²) in [4.78, 5) is 4.72. The van der Waals surface area contributed by atoms with Gasteiger partial charge >= 0.3 is 0 Å². The summed E-state index contributed by atoms with van der Waals surface area (Å²) < 4.78 is 43.2. The molecule has 0 bridgehead atoms. The molecule has 2 aromatic rings. The first-order chi connectivity index (χ1) is 14.8. The molecule has 0 spiro atoms. The Balaban J connectivity index is 1.43. The fourth-order valence-electron chi connectivity index (χ4n) is 4.70. The van der Waals surface area contributed by atoms with Crippen molar-refractivity contribution in [2.45, 2.75) is 49.6 Å². The summed E-state index contributed by atoms with van der Waals surface area (Å²) in [6.07, 6.45) is 3.92. The molecule has 0 radical (unpaired) electrons. The van der Waals surface area contributed by atoms with Crippen LogP contribution in [0, 0.1) is 12.7 Å². The van der Waals surface area contributed by atoms with Gasteiger partial charge in [-0.05, 0) is 50.1 Å². The Hall–Kier alpha value is -1.67. The number of halogens is 2. The number of rotatable bonds is 5. The molecule has 31 heavy (non-hydrogen) atoms. The van der Waals surface area contributed by atoms with E-state index in [1.165, 1.54) is 6.07 Å². The van der Waals surface area contributed by atoms with Crippen molar-refractivity contribution in [3.63, 3.8) is 0 Å². The normalized spacial score (nSPS) is 23.1. The summed E-state index contributed by atoms with van der Waals surface area (Å²) in [7, 11) is -3.56. The third-order valence-electron chi connectivity index (χ3n) is 6.40. The molecule has 4 rings (SSSR count). The molecule has 0 aromatic heterocycles. The molecule has 0 unspecified atom stereocenters. The molecule has 1 N–H and O–H groups in total. The second-order valence-electron chi connectivity index (χ2n) is 8.51. The maximum Gasteiger partial charge on any atom is 0.240 e. The smallest absolute Gasteiger partial charge is 0.240 e. The molecule has 2 atom stereocenters. The van der Waals surface area contributed by atoms with Crippen LogP contribution in [0.1, 0.15) is 31.2 Å². The topological polar surface area (TPSA) is 52.7 Å². The molecule has 0 amide bonds. The van der Waals surface area contributed by atoms with Gasteiger partial charge in [0.05, 0.1) is 10.6 Å². The first-order valence-corrected chi connectivity index (χ1v) is 12.7. The zero-order chi connectivity index (χ0) is 22.0. The molecule has 168 valence electrons. The second-order valence-corrected chi connectivity index (χ2v) is 10.7. The van der Waals surface area contributed by atoms with Gasteiger partial charge in [0.2, 0.25) is 10.0 Å². The monoisotopic (exact) mass is 465 g/mol. The number of hydrogen-bond donors (Lipinski definition) is 1. The van der Waals surface area contributed by atoms with Crippen LogP contribution >= 0.6 is 11.6 Å². The van der Waals surface area contributed by atoms with E-state index in [0.717, 1.165) is 44.3 Å². The Labute approximate surface area is 189 Å². The van der Waals surface area contributed by atoms with E-state index in [4.69, 9.17) is 11.6 Å². The molecule has 1 saturated carbocycles. The molecular formula is C23H29ClFN3O2S. The van der Waals surface area contributed by atoms with Crippen molar-refractivity contribution in [1.29, 1.82) is 0 Å². The molecular weight excluding hydrogens is 437 g/mol. The number of nitrogens with zero attached hydrogens (tertiary/aromatic N) is 2. The van der Waals surface area contributed by atoms with Crippen molar-refractivity contribution >= 4 is 27.3 Å². The van der Waals surface area contributed by atoms with E-state index in [1.807, 2.05) is 24.0 Å². The van der Waals surface area contributed by atoms with Crippen LogP contribution in [0.15, 0.2) is 47.4 Å². The molecule has 1 heterocycles. The lowest BCUT2D eigenvalue weighted by atomic mass is 9.89. The third kappa shape index (κ3) is 5.22. The van der Waals surface area contributed by atoms with Crippen LogP contribution in [-0.2, 0) is 10.0 Å². The van der Waals surface area contributed by atoms with E-state index in [2.05, 4.69) is 9.62 Å². The number of hydrogen-bond acceptors (Lipinski definition) is 4. The van der Waals surface area contributed by atoms with Crippen LogP contribution < -0.4 is 9.62 Å². The van der Waals surface area contributed by atoms with E-state index in [-0.39, 0.29) is 17.9 Å². The number of piperazine rings is 1. The average Bonchev–Trinajstić information content (AvgIpc) is 2.74. The van der Waals surface area contributed by atoms with Crippen molar-refractivity contribution in [2.75, 3.05) is 31.1 Å². The first-order valence-electron chi connectivity index (χ1n) is 10.9. The third-order valence-corrected chi connectivity index (χ3v) is 8.14. The lowest BCUT2D eigenvalue weighted by Gasteiger charge is -2.44. The van der Waals surface area contributed by atoms with Crippen molar-refractivity contribution in [2.24, 2.45) is 0 Å².